The Morgan fingerprint density at radius 2 is 1.70 bits per heavy atom. The maximum atomic E-state index is 12.2. The molecule has 1 saturated carbocycles. The molecule has 2 aromatic carbocycles. The molecule has 0 N–H and O–H groups in total. The van der Waals surface area contributed by atoms with Gasteiger partial charge in [0.25, 0.3) is 0 Å². The van der Waals surface area contributed by atoms with Crippen molar-refractivity contribution in [3.8, 4) is 11.5 Å². The van der Waals surface area contributed by atoms with Crippen LogP contribution >= 0.6 is 11.6 Å². The van der Waals surface area contributed by atoms with E-state index in [2.05, 4.69) is 0 Å². The monoisotopic (exact) mass is 330 g/mol. The van der Waals surface area contributed by atoms with Crippen molar-refractivity contribution < 1.29 is 19.1 Å². The molecular formula is C18H15ClO4. The van der Waals surface area contributed by atoms with Crippen LogP contribution in [0.5, 0.6) is 11.5 Å². The van der Waals surface area contributed by atoms with Crippen LogP contribution in [-0.4, -0.2) is 11.9 Å². The third-order valence-corrected chi connectivity index (χ3v) is 3.93. The van der Waals surface area contributed by atoms with E-state index in [1.165, 1.54) is 13.0 Å². The molecule has 0 saturated heterocycles. The average Bonchev–Trinajstić information content (AvgIpc) is 3.28. The highest BCUT2D eigenvalue weighted by molar-refractivity contribution is 6.30. The van der Waals surface area contributed by atoms with Crippen molar-refractivity contribution in [3.63, 3.8) is 0 Å². The van der Waals surface area contributed by atoms with Gasteiger partial charge in [0.15, 0.2) is 0 Å². The molecule has 2 atom stereocenters. The molecule has 5 heteroatoms. The molecule has 23 heavy (non-hydrogen) atoms. The predicted octanol–water partition coefficient (Wildman–Crippen LogP) is 3.97. The second-order valence-electron chi connectivity index (χ2n) is 5.49. The lowest BCUT2D eigenvalue weighted by Crippen LogP contribution is -2.11. The Morgan fingerprint density at radius 1 is 1.04 bits per heavy atom. The van der Waals surface area contributed by atoms with Crippen LogP contribution in [0.2, 0.25) is 5.02 Å². The maximum absolute atomic E-state index is 12.2. The van der Waals surface area contributed by atoms with Crippen molar-refractivity contribution >= 4 is 23.5 Å². The third kappa shape index (κ3) is 3.90. The van der Waals surface area contributed by atoms with Gasteiger partial charge in [-0.15, -0.1) is 0 Å². The van der Waals surface area contributed by atoms with Crippen LogP contribution in [0.4, 0.5) is 0 Å². The van der Waals surface area contributed by atoms with Crippen LogP contribution in [0.15, 0.2) is 48.5 Å². The van der Waals surface area contributed by atoms with E-state index in [4.69, 9.17) is 21.1 Å². The Balaban J connectivity index is 1.62. The van der Waals surface area contributed by atoms with Gasteiger partial charge in [-0.1, -0.05) is 29.8 Å². The second-order valence-corrected chi connectivity index (χ2v) is 5.93. The number of halogens is 1. The smallest absolute Gasteiger partial charge is 0.314 e. The molecule has 1 aliphatic carbocycles. The minimum atomic E-state index is -0.418. The Bertz CT molecular complexity index is 739. The van der Waals surface area contributed by atoms with Gasteiger partial charge in [-0.3, -0.25) is 9.59 Å². The van der Waals surface area contributed by atoms with Gasteiger partial charge >= 0.3 is 11.9 Å². The molecule has 3 rings (SSSR count). The van der Waals surface area contributed by atoms with Gasteiger partial charge in [-0.25, -0.2) is 0 Å². The summed E-state index contributed by atoms with van der Waals surface area (Å²) < 4.78 is 10.4. The van der Waals surface area contributed by atoms with Gasteiger partial charge in [-0.05, 0) is 42.2 Å². The Kier molecular flexibility index (Phi) is 4.35. The summed E-state index contributed by atoms with van der Waals surface area (Å²) in [5, 5.41) is 0.677. The molecule has 0 amide bonds. The minimum Gasteiger partial charge on any atom is -0.427 e. The van der Waals surface area contributed by atoms with Crippen LogP contribution in [0.25, 0.3) is 0 Å². The molecule has 1 fully saturated rings. The standard InChI is InChI=1S/C18H15ClO4/c1-11(20)22-14-3-2-4-15(9-14)23-18(21)17-10-16(17)12-5-7-13(19)8-6-12/h2-9,16-17H,10H2,1H3. The van der Waals surface area contributed by atoms with E-state index >= 15 is 0 Å². The molecule has 0 bridgehead atoms. The molecule has 1 aliphatic rings. The fraction of sp³-hybridized carbons (Fsp3) is 0.222. The quantitative estimate of drug-likeness (QED) is 0.628. The van der Waals surface area contributed by atoms with Gasteiger partial charge in [0, 0.05) is 18.0 Å². The van der Waals surface area contributed by atoms with E-state index in [1.807, 2.05) is 24.3 Å². The van der Waals surface area contributed by atoms with Crippen LogP contribution in [0, 0.1) is 5.92 Å². The number of hydrogen-bond acceptors (Lipinski definition) is 4. The van der Waals surface area contributed by atoms with Crippen LogP contribution in [0.1, 0.15) is 24.8 Å². The predicted molar refractivity (Wildman–Crippen MR) is 85.7 cm³/mol. The number of benzene rings is 2. The number of rotatable bonds is 4. The first-order chi connectivity index (χ1) is 11.0. The summed E-state index contributed by atoms with van der Waals surface area (Å²) in [5.74, 6) is 0.0664. The van der Waals surface area contributed by atoms with E-state index in [0.29, 0.717) is 16.5 Å². The highest BCUT2D eigenvalue weighted by Crippen LogP contribution is 2.48. The van der Waals surface area contributed by atoms with Crippen LogP contribution in [0.3, 0.4) is 0 Å². The molecule has 0 spiro atoms. The lowest BCUT2D eigenvalue weighted by Gasteiger charge is -2.06. The Hall–Kier alpha value is -2.33. The van der Waals surface area contributed by atoms with E-state index in [1.54, 1.807) is 18.2 Å². The molecule has 0 aliphatic heterocycles. The van der Waals surface area contributed by atoms with Crippen molar-refractivity contribution in [2.24, 2.45) is 5.92 Å². The number of esters is 2. The number of hydrogen-bond donors (Lipinski definition) is 0. The first-order valence-corrected chi connectivity index (χ1v) is 7.66. The summed E-state index contributed by atoms with van der Waals surface area (Å²) in [6, 6.07) is 14.0. The Morgan fingerprint density at radius 3 is 2.35 bits per heavy atom. The zero-order valence-corrected chi connectivity index (χ0v) is 13.2. The molecule has 2 unspecified atom stereocenters. The highest BCUT2D eigenvalue weighted by atomic mass is 35.5. The molecule has 0 aromatic heterocycles. The first-order valence-electron chi connectivity index (χ1n) is 7.28. The van der Waals surface area contributed by atoms with Crippen molar-refractivity contribution in [1.82, 2.24) is 0 Å². The number of carbonyl (C=O) groups is 2. The fourth-order valence-corrected chi connectivity index (χ4v) is 2.62. The maximum Gasteiger partial charge on any atom is 0.314 e. The summed E-state index contributed by atoms with van der Waals surface area (Å²) in [6.45, 7) is 1.32. The van der Waals surface area contributed by atoms with Crippen molar-refractivity contribution in [2.75, 3.05) is 0 Å². The van der Waals surface area contributed by atoms with E-state index in [-0.39, 0.29) is 17.8 Å². The number of ether oxygens (including phenoxy) is 2. The summed E-state index contributed by atoms with van der Waals surface area (Å²) in [4.78, 5) is 23.2. The number of carbonyl (C=O) groups excluding carboxylic acids is 2. The van der Waals surface area contributed by atoms with E-state index < -0.39 is 5.97 Å². The Labute approximate surface area is 139 Å². The average molecular weight is 331 g/mol. The zero-order valence-electron chi connectivity index (χ0n) is 12.5. The van der Waals surface area contributed by atoms with Crippen LogP contribution < -0.4 is 9.47 Å². The van der Waals surface area contributed by atoms with Crippen LogP contribution in [-0.2, 0) is 9.59 Å². The molecular weight excluding hydrogens is 316 g/mol. The van der Waals surface area contributed by atoms with Gasteiger partial charge in [0.05, 0.1) is 5.92 Å². The molecule has 118 valence electrons. The van der Waals surface area contributed by atoms with Crippen molar-refractivity contribution in [1.29, 1.82) is 0 Å². The topological polar surface area (TPSA) is 52.6 Å². The summed E-state index contributed by atoms with van der Waals surface area (Å²) >= 11 is 5.87. The zero-order chi connectivity index (χ0) is 16.4. The molecule has 2 aromatic rings. The normalized spacial score (nSPS) is 19.0. The summed E-state index contributed by atoms with van der Waals surface area (Å²) in [5.41, 5.74) is 1.09. The third-order valence-electron chi connectivity index (χ3n) is 3.68. The van der Waals surface area contributed by atoms with Gasteiger partial charge in [-0.2, -0.15) is 0 Å². The summed E-state index contributed by atoms with van der Waals surface area (Å²) in [6.07, 6.45) is 0.768. The van der Waals surface area contributed by atoms with Gasteiger partial charge in [0.1, 0.15) is 11.5 Å². The lowest BCUT2D eigenvalue weighted by atomic mass is 10.1. The second kappa shape index (κ2) is 6.42. The molecule has 4 nitrogen and oxygen atoms in total. The van der Waals surface area contributed by atoms with E-state index in [0.717, 1.165) is 12.0 Å². The van der Waals surface area contributed by atoms with Crippen molar-refractivity contribution in [2.45, 2.75) is 19.3 Å². The van der Waals surface area contributed by atoms with Crippen molar-refractivity contribution in [3.05, 3.63) is 59.1 Å². The highest BCUT2D eigenvalue weighted by Gasteiger charge is 2.45. The van der Waals surface area contributed by atoms with Gasteiger partial charge in [0.2, 0.25) is 0 Å². The molecule has 0 radical (unpaired) electrons. The van der Waals surface area contributed by atoms with E-state index in [9.17, 15) is 9.59 Å². The summed E-state index contributed by atoms with van der Waals surface area (Å²) in [7, 11) is 0. The lowest BCUT2D eigenvalue weighted by molar-refractivity contribution is -0.136. The first kappa shape index (κ1) is 15.6. The molecule has 0 heterocycles. The fourth-order valence-electron chi connectivity index (χ4n) is 2.49. The van der Waals surface area contributed by atoms with Gasteiger partial charge < -0.3 is 9.47 Å². The minimum absolute atomic E-state index is 0.145. The SMILES string of the molecule is CC(=O)Oc1cccc(OC(=O)C2CC2c2ccc(Cl)cc2)c1. The largest absolute Gasteiger partial charge is 0.427 e.